The van der Waals surface area contributed by atoms with E-state index in [0.717, 1.165) is 11.1 Å². The van der Waals surface area contributed by atoms with Gasteiger partial charge in [0.1, 0.15) is 11.2 Å². The molecule has 0 fully saturated rings. The first-order valence-corrected chi connectivity index (χ1v) is 6.80. The van der Waals surface area contributed by atoms with E-state index in [0.29, 0.717) is 0 Å². The van der Waals surface area contributed by atoms with Crippen molar-refractivity contribution in [1.29, 1.82) is 0 Å². The standard InChI is InChI=1S/C18H22O2/c1-17(19-3,15-11-7-5-8-12-15)18(2,20-4)16-13-9-6-10-14-16/h5-14H,1-4H3/t17-,18-/m1/s1. The lowest BCUT2D eigenvalue weighted by Crippen LogP contribution is -2.48. The van der Waals surface area contributed by atoms with Gasteiger partial charge in [-0.1, -0.05) is 60.7 Å². The molecule has 106 valence electrons. The SMILES string of the molecule is CO[C@](C)(c1ccccc1)[C@](C)(OC)c1ccccc1. The van der Waals surface area contributed by atoms with Crippen LogP contribution in [0.2, 0.25) is 0 Å². The fraction of sp³-hybridized carbons (Fsp3) is 0.333. The zero-order valence-corrected chi connectivity index (χ0v) is 12.6. The normalized spacial score (nSPS) is 17.2. The zero-order valence-electron chi connectivity index (χ0n) is 12.6. The molecule has 2 heteroatoms. The third-order valence-electron chi connectivity index (χ3n) is 4.38. The number of ether oxygens (including phenoxy) is 2. The zero-order chi connectivity index (χ0) is 14.6. The van der Waals surface area contributed by atoms with Gasteiger partial charge in [-0.15, -0.1) is 0 Å². The van der Waals surface area contributed by atoms with E-state index in [1.54, 1.807) is 14.2 Å². The smallest absolute Gasteiger partial charge is 0.123 e. The molecule has 0 saturated carbocycles. The predicted molar refractivity (Wildman–Crippen MR) is 81.6 cm³/mol. The molecule has 2 atom stereocenters. The number of hydrogen-bond donors (Lipinski definition) is 0. The topological polar surface area (TPSA) is 18.5 Å². The van der Waals surface area contributed by atoms with E-state index in [4.69, 9.17) is 9.47 Å². The Morgan fingerprint density at radius 1 is 0.600 bits per heavy atom. The molecular weight excluding hydrogens is 248 g/mol. The minimum atomic E-state index is -0.579. The lowest BCUT2D eigenvalue weighted by Gasteiger charge is -2.45. The van der Waals surface area contributed by atoms with Gasteiger partial charge in [0.05, 0.1) is 0 Å². The second-order valence-corrected chi connectivity index (χ2v) is 5.21. The summed E-state index contributed by atoms with van der Waals surface area (Å²) in [5, 5.41) is 0. The number of methoxy groups -OCH3 is 2. The van der Waals surface area contributed by atoms with Crippen molar-refractivity contribution < 1.29 is 9.47 Å². The summed E-state index contributed by atoms with van der Waals surface area (Å²) >= 11 is 0. The van der Waals surface area contributed by atoms with E-state index in [2.05, 4.69) is 38.1 Å². The highest BCUT2D eigenvalue weighted by molar-refractivity contribution is 5.33. The van der Waals surface area contributed by atoms with Crippen molar-refractivity contribution in [3.05, 3.63) is 71.8 Å². The van der Waals surface area contributed by atoms with Crippen LogP contribution in [0.1, 0.15) is 25.0 Å². The van der Waals surface area contributed by atoms with Crippen molar-refractivity contribution in [1.82, 2.24) is 0 Å². The molecule has 2 aromatic rings. The van der Waals surface area contributed by atoms with E-state index < -0.39 is 11.2 Å². The summed E-state index contributed by atoms with van der Waals surface area (Å²) in [7, 11) is 3.46. The Morgan fingerprint density at radius 2 is 0.900 bits per heavy atom. The molecule has 0 amide bonds. The Balaban J connectivity index is 2.58. The highest BCUT2D eigenvalue weighted by atomic mass is 16.5. The van der Waals surface area contributed by atoms with Crippen LogP contribution in [0.3, 0.4) is 0 Å². The van der Waals surface area contributed by atoms with Gasteiger partial charge >= 0.3 is 0 Å². The van der Waals surface area contributed by atoms with E-state index in [-0.39, 0.29) is 0 Å². The van der Waals surface area contributed by atoms with E-state index in [1.807, 2.05) is 36.4 Å². The van der Waals surface area contributed by atoms with Crippen LogP contribution in [-0.4, -0.2) is 14.2 Å². The first-order valence-electron chi connectivity index (χ1n) is 6.80. The summed E-state index contributed by atoms with van der Waals surface area (Å²) in [5.74, 6) is 0. The number of hydrogen-bond acceptors (Lipinski definition) is 2. The molecule has 0 aliphatic carbocycles. The highest BCUT2D eigenvalue weighted by Gasteiger charge is 2.48. The average Bonchev–Trinajstić information content (AvgIpc) is 2.54. The monoisotopic (exact) mass is 270 g/mol. The van der Waals surface area contributed by atoms with Gasteiger partial charge in [0.25, 0.3) is 0 Å². The molecule has 0 radical (unpaired) electrons. The van der Waals surface area contributed by atoms with Crippen molar-refractivity contribution in [3.8, 4) is 0 Å². The summed E-state index contributed by atoms with van der Waals surface area (Å²) in [5.41, 5.74) is 1.03. The molecule has 0 bridgehead atoms. The molecule has 2 aromatic carbocycles. The van der Waals surface area contributed by atoms with Gasteiger partial charge in [-0.25, -0.2) is 0 Å². The van der Waals surface area contributed by atoms with Crippen LogP contribution >= 0.6 is 0 Å². The summed E-state index contributed by atoms with van der Waals surface area (Å²) in [6.45, 7) is 4.14. The third-order valence-corrected chi connectivity index (χ3v) is 4.38. The summed E-state index contributed by atoms with van der Waals surface area (Å²) in [6.07, 6.45) is 0. The van der Waals surface area contributed by atoms with Crippen LogP contribution in [0.15, 0.2) is 60.7 Å². The Hall–Kier alpha value is -1.64. The Kier molecular flexibility index (Phi) is 4.26. The molecule has 0 aromatic heterocycles. The Morgan fingerprint density at radius 3 is 1.15 bits per heavy atom. The lowest BCUT2D eigenvalue weighted by atomic mass is 9.75. The average molecular weight is 270 g/mol. The van der Waals surface area contributed by atoms with Gasteiger partial charge in [-0.2, -0.15) is 0 Å². The van der Waals surface area contributed by atoms with Crippen LogP contribution in [0.4, 0.5) is 0 Å². The molecule has 0 N–H and O–H groups in total. The second kappa shape index (κ2) is 5.78. The Labute approximate surface area is 121 Å². The fourth-order valence-electron chi connectivity index (χ4n) is 2.69. The van der Waals surface area contributed by atoms with Crippen LogP contribution in [0.25, 0.3) is 0 Å². The van der Waals surface area contributed by atoms with E-state index in [1.165, 1.54) is 0 Å². The highest BCUT2D eigenvalue weighted by Crippen LogP contribution is 2.45. The minimum Gasteiger partial charge on any atom is -0.370 e. The van der Waals surface area contributed by atoms with Crippen LogP contribution < -0.4 is 0 Å². The molecule has 20 heavy (non-hydrogen) atoms. The van der Waals surface area contributed by atoms with Crippen LogP contribution in [0.5, 0.6) is 0 Å². The first kappa shape index (κ1) is 14.8. The molecule has 0 unspecified atom stereocenters. The number of rotatable bonds is 5. The molecule has 0 heterocycles. The molecule has 2 rings (SSSR count). The molecule has 0 aliphatic rings. The maximum atomic E-state index is 5.91. The fourth-order valence-corrected chi connectivity index (χ4v) is 2.69. The number of benzene rings is 2. The van der Waals surface area contributed by atoms with Gasteiger partial charge in [0.2, 0.25) is 0 Å². The minimum absolute atomic E-state index is 0.579. The van der Waals surface area contributed by atoms with Crippen molar-refractivity contribution in [2.75, 3.05) is 14.2 Å². The van der Waals surface area contributed by atoms with Crippen molar-refractivity contribution in [2.24, 2.45) is 0 Å². The molecular formula is C18H22O2. The molecule has 0 aliphatic heterocycles. The summed E-state index contributed by atoms with van der Waals surface area (Å²) < 4.78 is 11.8. The lowest BCUT2D eigenvalue weighted by molar-refractivity contribution is -0.180. The van der Waals surface area contributed by atoms with Crippen LogP contribution in [0, 0.1) is 0 Å². The van der Waals surface area contributed by atoms with E-state index >= 15 is 0 Å². The van der Waals surface area contributed by atoms with E-state index in [9.17, 15) is 0 Å². The Bertz CT molecular complexity index is 486. The maximum absolute atomic E-state index is 5.91. The predicted octanol–water partition coefficient (Wildman–Crippen LogP) is 4.11. The van der Waals surface area contributed by atoms with Crippen molar-refractivity contribution in [2.45, 2.75) is 25.0 Å². The quantitative estimate of drug-likeness (QED) is 0.814. The third kappa shape index (κ3) is 2.26. The summed E-state index contributed by atoms with van der Waals surface area (Å²) in [6, 6.07) is 20.4. The van der Waals surface area contributed by atoms with Crippen molar-refractivity contribution in [3.63, 3.8) is 0 Å². The molecule has 2 nitrogen and oxygen atoms in total. The van der Waals surface area contributed by atoms with Gasteiger partial charge in [0, 0.05) is 14.2 Å². The van der Waals surface area contributed by atoms with Crippen molar-refractivity contribution >= 4 is 0 Å². The first-order chi connectivity index (χ1) is 9.58. The van der Waals surface area contributed by atoms with Gasteiger partial charge in [0.15, 0.2) is 0 Å². The summed E-state index contributed by atoms with van der Waals surface area (Å²) in [4.78, 5) is 0. The molecule has 0 saturated heterocycles. The van der Waals surface area contributed by atoms with Crippen LogP contribution in [-0.2, 0) is 20.7 Å². The van der Waals surface area contributed by atoms with Gasteiger partial charge in [-0.3, -0.25) is 0 Å². The van der Waals surface area contributed by atoms with Gasteiger partial charge in [-0.05, 0) is 25.0 Å². The van der Waals surface area contributed by atoms with Gasteiger partial charge < -0.3 is 9.47 Å². The molecule has 0 spiro atoms. The largest absolute Gasteiger partial charge is 0.370 e. The maximum Gasteiger partial charge on any atom is 0.123 e. The second-order valence-electron chi connectivity index (χ2n) is 5.21.